The molecule has 1 aliphatic heterocycles. The van der Waals surface area contributed by atoms with E-state index in [1.165, 1.54) is 12.4 Å². The lowest BCUT2D eigenvalue weighted by atomic mass is 9.95. The number of benzene rings is 1. The Morgan fingerprint density at radius 3 is 2.46 bits per heavy atom. The van der Waals surface area contributed by atoms with Gasteiger partial charge in [-0.05, 0) is 43.9 Å². The predicted octanol–water partition coefficient (Wildman–Crippen LogP) is 2.24. The Kier molecular flexibility index (Phi) is 6.43. The highest BCUT2D eigenvalue weighted by Gasteiger charge is 2.27. The van der Waals surface area contributed by atoms with E-state index in [-0.39, 0.29) is 17.1 Å². The largest absolute Gasteiger partial charge is 0.311 e. The molecule has 5 rings (SSSR count). The standard InChI is InChI=1S/C24H27N7O4S2/c1-17-3-5-19(6-4-17)37(34,35)30-14-10-20-23-21(15-26-24(20)30)28-22(16-27-36(2,32)33)31(23)29-12-8-18(7-11-25)9-13-29/h3-6,10,14-15,18,27H,7-9,12-13,16H2,1-2H3. The first kappa shape index (κ1) is 25.2. The SMILES string of the molecule is Cc1ccc(S(=O)(=O)n2ccc3c2ncc2nc(CNS(C)(=O)=O)n(N4CCC(CC#N)CC4)c23)cc1. The first-order chi connectivity index (χ1) is 17.6. The van der Waals surface area contributed by atoms with Gasteiger partial charge in [0, 0.05) is 31.1 Å². The third-order valence-electron chi connectivity index (χ3n) is 6.66. The van der Waals surface area contributed by atoms with Gasteiger partial charge in [-0.15, -0.1) is 0 Å². The number of pyridine rings is 1. The maximum Gasteiger partial charge on any atom is 0.269 e. The molecule has 0 bridgehead atoms. The summed E-state index contributed by atoms with van der Waals surface area (Å²) in [5.74, 6) is 0.777. The first-order valence-corrected chi connectivity index (χ1v) is 15.2. The lowest BCUT2D eigenvalue weighted by molar-refractivity contribution is 0.367. The zero-order chi connectivity index (χ0) is 26.4. The van der Waals surface area contributed by atoms with Gasteiger partial charge in [0.2, 0.25) is 10.0 Å². The highest BCUT2D eigenvalue weighted by atomic mass is 32.2. The van der Waals surface area contributed by atoms with E-state index in [2.05, 4.69) is 25.8 Å². The Labute approximate surface area is 215 Å². The number of hydrogen-bond acceptors (Lipinski definition) is 8. The van der Waals surface area contributed by atoms with Crippen LogP contribution in [-0.2, 0) is 26.6 Å². The number of nitrogens with one attached hydrogen (secondary N) is 1. The van der Waals surface area contributed by atoms with E-state index in [4.69, 9.17) is 5.26 Å². The summed E-state index contributed by atoms with van der Waals surface area (Å²) < 4.78 is 56.1. The quantitative estimate of drug-likeness (QED) is 0.375. The van der Waals surface area contributed by atoms with Gasteiger partial charge >= 0.3 is 0 Å². The number of sulfonamides is 1. The number of piperidine rings is 1. The maximum absolute atomic E-state index is 13.4. The van der Waals surface area contributed by atoms with Gasteiger partial charge in [-0.2, -0.15) is 5.26 Å². The van der Waals surface area contributed by atoms with E-state index in [0.717, 1.165) is 28.6 Å². The summed E-state index contributed by atoms with van der Waals surface area (Å²) in [6.07, 6.45) is 6.20. The van der Waals surface area contributed by atoms with Crippen LogP contribution in [0.5, 0.6) is 0 Å². The zero-order valence-corrected chi connectivity index (χ0v) is 22.1. The van der Waals surface area contributed by atoms with E-state index >= 15 is 0 Å². The fourth-order valence-corrected chi connectivity index (χ4v) is 6.44. The number of imidazole rings is 1. The second-order valence-electron chi connectivity index (χ2n) is 9.35. The van der Waals surface area contributed by atoms with E-state index < -0.39 is 20.0 Å². The monoisotopic (exact) mass is 541 g/mol. The molecule has 4 heterocycles. The van der Waals surface area contributed by atoms with Gasteiger partial charge < -0.3 is 5.01 Å². The number of nitrogens with zero attached hydrogens (tertiary/aromatic N) is 6. The highest BCUT2D eigenvalue weighted by Crippen LogP contribution is 2.30. The molecule has 0 amide bonds. The summed E-state index contributed by atoms with van der Waals surface area (Å²) in [6.45, 7) is 3.15. The number of hydrogen-bond donors (Lipinski definition) is 1. The summed E-state index contributed by atoms with van der Waals surface area (Å²) in [6, 6.07) is 10.6. The highest BCUT2D eigenvalue weighted by molar-refractivity contribution is 7.90. The molecule has 1 saturated heterocycles. The molecule has 11 nitrogen and oxygen atoms in total. The van der Waals surface area contributed by atoms with Crippen LogP contribution in [0.15, 0.2) is 47.6 Å². The lowest BCUT2D eigenvalue weighted by Gasteiger charge is -2.34. The van der Waals surface area contributed by atoms with Gasteiger partial charge in [-0.1, -0.05) is 17.7 Å². The Morgan fingerprint density at radius 2 is 1.81 bits per heavy atom. The van der Waals surface area contributed by atoms with Gasteiger partial charge in [0.05, 0.1) is 30.0 Å². The summed E-state index contributed by atoms with van der Waals surface area (Å²) in [5.41, 5.74) is 2.40. The second-order valence-corrected chi connectivity index (χ2v) is 13.0. The van der Waals surface area contributed by atoms with Gasteiger partial charge in [-0.3, -0.25) is 0 Å². The van der Waals surface area contributed by atoms with E-state index in [0.29, 0.717) is 47.7 Å². The molecule has 13 heteroatoms. The molecule has 37 heavy (non-hydrogen) atoms. The van der Waals surface area contributed by atoms with Crippen molar-refractivity contribution in [2.24, 2.45) is 5.92 Å². The molecule has 194 valence electrons. The lowest BCUT2D eigenvalue weighted by Crippen LogP contribution is -2.43. The van der Waals surface area contributed by atoms with Gasteiger partial charge in [-0.25, -0.2) is 40.2 Å². The molecule has 0 aliphatic carbocycles. The third kappa shape index (κ3) is 4.79. The second kappa shape index (κ2) is 9.44. The zero-order valence-electron chi connectivity index (χ0n) is 20.5. The average Bonchev–Trinajstić information content (AvgIpc) is 3.45. The van der Waals surface area contributed by atoms with Crippen LogP contribution in [0.4, 0.5) is 0 Å². The third-order valence-corrected chi connectivity index (χ3v) is 9.01. The molecule has 1 aliphatic rings. The van der Waals surface area contributed by atoms with E-state index in [9.17, 15) is 16.8 Å². The topological polar surface area (TPSA) is 143 Å². The molecule has 0 unspecified atom stereocenters. The normalized spacial score (nSPS) is 15.4. The van der Waals surface area contributed by atoms with E-state index in [1.54, 1.807) is 30.3 Å². The minimum Gasteiger partial charge on any atom is -0.311 e. The van der Waals surface area contributed by atoms with Crippen molar-refractivity contribution in [2.75, 3.05) is 24.4 Å². The van der Waals surface area contributed by atoms with Gasteiger partial charge in [0.1, 0.15) is 16.9 Å². The molecule has 4 aromatic rings. The molecule has 0 atom stereocenters. The molecule has 1 aromatic carbocycles. The fraction of sp³-hybridized carbons (Fsp3) is 0.375. The number of aromatic nitrogens is 4. The van der Waals surface area contributed by atoms with Gasteiger partial charge in [0.15, 0.2) is 5.65 Å². The Hall–Kier alpha value is -3.47. The van der Waals surface area contributed by atoms with Crippen LogP contribution < -0.4 is 9.73 Å². The van der Waals surface area contributed by atoms with Crippen LogP contribution in [0.2, 0.25) is 0 Å². The van der Waals surface area contributed by atoms with Crippen molar-refractivity contribution in [1.82, 2.24) is 23.3 Å². The number of fused-ring (bicyclic) bond motifs is 3. The minimum atomic E-state index is -3.89. The first-order valence-electron chi connectivity index (χ1n) is 11.8. The molecule has 0 radical (unpaired) electrons. The van der Waals surface area contributed by atoms with Crippen LogP contribution in [-0.4, -0.2) is 54.8 Å². The van der Waals surface area contributed by atoms with Crippen molar-refractivity contribution in [2.45, 2.75) is 37.6 Å². The molecule has 3 aromatic heterocycles. The van der Waals surface area contributed by atoms with Crippen molar-refractivity contribution in [3.8, 4) is 6.07 Å². The van der Waals surface area contributed by atoms with Crippen molar-refractivity contribution in [1.29, 1.82) is 5.26 Å². The van der Waals surface area contributed by atoms with Crippen molar-refractivity contribution < 1.29 is 16.8 Å². The molecule has 1 N–H and O–H groups in total. The smallest absolute Gasteiger partial charge is 0.269 e. The Balaban J connectivity index is 1.65. The maximum atomic E-state index is 13.4. The summed E-state index contributed by atoms with van der Waals surface area (Å²) >= 11 is 0. The molecular weight excluding hydrogens is 514 g/mol. The van der Waals surface area contributed by atoms with Crippen molar-refractivity contribution in [3.63, 3.8) is 0 Å². The van der Waals surface area contributed by atoms with Crippen LogP contribution in [0.3, 0.4) is 0 Å². The molecule has 1 fully saturated rings. The molecular formula is C24H27N7O4S2. The van der Waals surface area contributed by atoms with E-state index in [1.807, 2.05) is 11.6 Å². The summed E-state index contributed by atoms with van der Waals surface area (Å²) in [5, 5.41) is 11.7. The Bertz CT molecular complexity index is 1730. The molecule has 0 spiro atoms. The van der Waals surface area contributed by atoms with Gasteiger partial charge in [0.25, 0.3) is 10.0 Å². The predicted molar refractivity (Wildman–Crippen MR) is 139 cm³/mol. The Morgan fingerprint density at radius 1 is 1.11 bits per heavy atom. The van der Waals surface area contributed by atoms with Crippen LogP contribution in [0.25, 0.3) is 22.1 Å². The molecule has 0 saturated carbocycles. The van der Waals surface area contributed by atoms with Crippen LogP contribution >= 0.6 is 0 Å². The number of aryl methyl sites for hydroxylation is 1. The van der Waals surface area contributed by atoms with Crippen LogP contribution in [0, 0.1) is 24.2 Å². The number of rotatable bonds is 7. The summed E-state index contributed by atoms with van der Waals surface area (Å²) in [7, 11) is -7.36. The van der Waals surface area contributed by atoms with Crippen molar-refractivity contribution in [3.05, 3.63) is 54.1 Å². The average molecular weight is 542 g/mol. The summed E-state index contributed by atoms with van der Waals surface area (Å²) in [4.78, 5) is 9.25. The van der Waals surface area contributed by atoms with Crippen molar-refractivity contribution >= 4 is 42.1 Å². The minimum absolute atomic E-state index is 0.0322. The van der Waals surface area contributed by atoms with Crippen LogP contribution in [0.1, 0.15) is 30.7 Å². The fourth-order valence-electron chi connectivity index (χ4n) is 4.74. The number of nitriles is 1.